The molecule has 11 heavy (non-hydrogen) atoms. The molecule has 1 rings (SSSR count). The summed E-state index contributed by atoms with van der Waals surface area (Å²) in [5.74, 6) is 0.793. The highest BCUT2D eigenvalue weighted by Crippen LogP contribution is 2.20. The summed E-state index contributed by atoms with van der Waals surface area (Å²) in [4.78, 5) is 4.85. The minimum atomic E-state index is 0.598. The Morgan fingerprint density at radius 2 is 1.64 bits per heavy atom. The topological polar surface area (TPSA) is 6.48 Å². The van der Waals surface area contributed by atoms with E-state index in [1.165, 1.54) is 6.54 Å². The minimum absolute atomic E-state index is 0.598. The highest BCUT2D eigenvalue weighted by molar-refractivity contribution is 4.81. The van der Waals surface area contributed by atoms with Crippen LogP contribution in [0.1, 0.15) is 20.8 Å². The van der Waals surface area contributed by atoms with Crippen molar-refractivity contribution >= 4 is 0 Å². The monoisotopic (exact) mass is 156 g/mol. The van der Waals surface area contributed by atoms with Gasteiger partial charge in [0.25, 0.3) is 0 Å². The molecule has 0 saturated carbocycles. The Morgan fingerprint density at radius 1 is 1.09 bits per heavy atom. The maximum absolute atomic E-state index is 2.44. The third-order valence-corrected chi connectivity index (χ3v) is 3.27. The maximum atomic E-state index is 2.44. The van der Waals surface area contributed by atoms with Gasteiger partial charge in [-0.3, -0.25) is 9.80 Å². The zero-order valence-electron chi connectivity index (χ0n) is 8.33. The van der Waals surface area contributed by atoms with Crippen LogP contribution in [0, 0.1) is 5.92 Å². The van der Waals surface area contributed by atoms with Gasteiger partial charge in [0.15, 0.2) is 0 Å². The first-order valence-electron chi connectivity index (χ1n) is 4.46. The Morgan fingerprint density at radius 3 is 2.18 bits per heavy atom. The van der Waals surface area contributed by atoms with Gasteiger partial charge in [-0.05, 0) is 33.9 Å². The second kappa shape index (κ2) is 3.11. The molecule has 1 aliphatic heterocycles. The van der Waals surface area contributed by atoms with Crippen LogP contribution in [-0.4, -0.2) is 42.6 Å². The molecule has 3 unspecified atom stereocenters. The second-order valence-electron chi connectivity index (χ2n) is 3.95. The van der Waals surface area contributed by atoms with Gasteiger partial charge in [0, 0.05) is 12.6 Å². The van der Waals surface area contributed by atoms with Crippen LogP contribution in [0.4, 0.5) is 0 Å². The van der Waals surface area contributed by atoms with Crippen molar-refractivity contribution in [1.29, 1.82) is 0 Å². The summed E-state index contributed by atoms with van der Waals surface area (Å²) in [6.07, 6.45) is 0.598. The molecular weight excluding hydrogens is 136 g/mol. The van der Waals surface area contributed by atoms with Gasteiger partial charge >= 0.3 is 0 Å². The van der Waals surface area contributed by atoms with Crippen LogP contribution in [0.2, 0.25) is 0 Å². The first-order valence-corrected chi connectivity index (χ1v) is 4.46. The van der Waals surface area contributed by atoms with E-state index in [-0.39, 0.29) is 0 Å². The molecule has 0 bridgehead atoms. The fourth-order valence-corrected chi connectivity index (χ4v) is 1.81. The Labute approximate surface area is 70.2 Å². The van der Waals surface area contributed by atoms with Gasteiger partial charge in [-0.25, -0.2) is 0 Å². The molecule has 0 aromatic rings. The first kappa shape index (κ1) is 9.01. The zero-order valence-corrected chi connectivity index (χ0v) is 8.33. The third kappa shape index (κ3) is 1.57. The van der Waals surface area contributed by atoms with Gasteiger partial charge in [-0.2, -0.15) is 0 Å². The highest BCUT2D eigenvalue weighted by atomic mass is 15.4. The number of hydrogen-bond donors (Lipinski definition) is 0. The van der Waals surface area contributed by atoms with Gasteiger partial charge in [0.2, 0.25) is 0 Å². The zero-order chi connectivity index (χ0) is 8.59. The molecule has 66 valence electrons. The molecule has 0 radical (unpaired) electrons. The summed E-state index contributed by atoms with van der Waals surface area (Å²) < 4.78 is 0. The smallest absolute Gasteiger partial charge is 0.0590 e. The molecule has 0 aliphatic carbocycles. The largest absolute Gasteiger partial charge is 0.291 e. The Kier molecular flexibility index (Phi) is 2.55. The third-order valence-electron chi connectivity index (χ3n) is 3.27. The van der Waals surface area contributed by atoms with Crippen molar-refractivity contribution in [2.45, 2.75) is 33.0 Å². The van der Waals surface area contributed by atoms with E-state index in [1.807, 2.05) is 0 Å². The van der Waals surface area contributed by atoms with E-state index in [0.29, 0.717) is 6.17 Å². The molecule has 0 amide bonds. The van der Waals surface area contributed by atoms with Crippen molar-refractivity contribution in [3.63, 3.8) is 0 Å². The molecule has 2 nitrogen and oxygen atoms in total. The summed E-state index contributed by atoms with van der Waals surface area (Å²) in [6.45, 7) is 8.13. The average Bonchev–Trinajstić information content (AvgIpc) is 1.97. The predicted octanol–water partition coefficient (Wildman–Crippen LogP) is 1.23. The van der Waals surface area contributed by atoms with Crippen molar-refractivity contribution in [2.24, 2.45) is 5.92 Å². The number of nitrogens with zero attached hydrogens (tertiary/aromatic N) is 2. The quantitative estimate of drug-likeness (QED) is 0.520. The molecule has 0 N–H and O–H groups in total. The molecule has 1 saturated heterocycles. The Hall–Kier alpha value is -0.0800. The van der Waals surface area contributed by atoms with Crippen molar-refractivity contribution in [2.75, 3.05) is 20.6 Å². The SMILES string of the molecule is CC1CN(C)C(C)N(C)C1C. The van der Waals surface area contributed by atoms with Crippen molar-refractivity contribution in [3.05, 3.63) is 0 Å². The molecule has 1 aliphatic rings. The minimum Gasteiger partial charge on any atom is -0.291 e. The van der Waals surface area contributed by atoms with Crippen LogP contribution in [0.5, 0.6) is 0 Å². The van der Waals surface area contributed by atoms with E-state index >= 15 is 0 Å². The fourth-order valence-electron chi connectivity index (χ4n) is 1.81. The van der Waals surface area contributed by atoms with Crippen LogP contribution in [-0.2, 0) is 0 Å². The molecule has 0 aromatic heterocycles. The van der Waals surface area contributed by atoms with Crippen LogP contribution in [0.3, 0.4) is 0 Å². The van der Waals surface area contributed by atoms with Crippen LogP contribution in [0.25, 0.3) is 0 Å². The van der Waals surface area contributed by atoms with Gasteiger partial charge in [-0.15, -0.1) is 0 Å². The highest BCUT2D eigenvalue weighted by Gasteiger charge is 2.29. The van der Waals surface area contributed by atoms with Gasteiger partial charge in [0.05, 0.1) is 6.17 Å². The Balaban J connectivity index is 2.63. The van der Waals surface area contributed by atoms with Crippen LogP contribution < -0.4 is 0 Å². The van der Waals surface area contributed by atoms with E-state index in [2.05, 4.69) is 44.7 Å². The van der Waals surface area contributed by atoms with E-state index in [9.17, 15) is 0 Å². The van der Waals surface area contributed by atoms with Gasteiger partial charge in [-0.1, -0.05) is 6.92 Å². The Bertz CT molecular complexity index is 122. The van der Waals surface area contributed by atoms with Gasteiger partial charge < -0.3 is 0 Å². The first-order chi connectivity index (χ1) is 5.04. The molecule has 1 fully saturated rings. The number of rotatable bonds is 0. The van der Waals surface area contributed by atoms with E-state index < -0.39 is 0 Å². The average molecular weight is 156 g/mol. The lowest BCUT2D eigenvalue weighted by atomic mass is 9.98. The standard InChI is InChI=1S/C9H20N2/c1-7-6-10(4)9(3)11(5)8(7)2/h7-9H,6H2,1-5H3. The summed E-state index contributed by atoms with van der Waals surface area (Å²) >= 11 is 0. The lowest BCUT2D eigenvalue weighted by Crippen LogP contribution is -2.56. The summed E-state index contributed by atoms with van der Waals surface area (Å²) in [6, 6.07) is 0.723. The molecule has 1 heterocycles. The summed E-state index contributed by atoms with van der Waals surface area (Å²) in [7, 11) is 4.41. The van der Waals surface area contributed by atoms with Crippen molar-refractivity contribution < 1.29 is 0 Å². The fraction of sp³-hybridized carbons (Fsp3) is 1.00. The molecule has 0 spiro atoms. The number of hydrogen-bond acceptors (Lipinski definition) is 2. The molecular formula is C9H20N2. The summed E-state index contributed by atoms with van der Waals surface area (Å²) in [5.41, 5.74) is 0. The normalized spacial score (nSPS) is 42.8. The van der Waals surface area contributed by atoms with E-state index in [1.54, 1.807) is 0 Å². The lowest BCUT2D eigenvalue weighted by molar-refractivity contribution is -0.0136. The predicted molar refractivity (Wildman–Crippen MR) is 48.5 cm³/mol. The molecule has 3 atom stereocenters. The molecule has 2 heteroatoms. The second-order valence-corrected chi connectivity index (χ2v) is 3.95. The van der Waals surface area contributed by atoms with Gasteiger partial charge in [0.1, 0.15) is 0 Å². The van der Waals surface area contributed by atoms with Crippen molar-refractivity contribution in [1.82, 2.24) is 9.80 Å². The van der Waals surface area contributed by atoms with E-state index in [0.717, 1.165) is 12.0 Å². The van der Waals surface area contributed by atoms with E-state index in [4.69, 9.17) is 0 Å². The summed E-state index contributed by atoms with van der Waals surface area (Å²) in [5, 5.41) is 0. The maximum Gasteiger partial charge on any atom is 0.0590 e. The lowest BCUT2D eigenvalue weighted by Gasteiger charge is -2.45. The molecule has 0 aromatic carbocycles. The van der Waals surface area contributed by atoms with Crippen LogP contribution in [0.15, 0.2) is 0 Å². The van der Waals surface area contributed by atoms with Crippen LogP contribution >= 0.6 is 0 Å². The van der Waals surface area contributed by atoms with Crippen molar-refractivity contribution in [3.8, 4) is 0 Å².